The maximum absolute atomic E-state index is 13.0. The lowest BCUT2D eigenvalue weighted by Gasteiger charge is -2.07. The van der Waals surface area contributed by atoms with Gasteiger partial charge >= 0.3 is 0 Å². The third-order valence-electron chi connectivity index (χ3n) is 4.68. The van der Waals surface area contributed by atoms with E-state index in [0.29, 0.717) is 18.4 Å². The molecule has 3 heterocycles. The highest BCUT2D eigenvalue weighted by atomic mass is 32.2. The van der Waals surface area contributed by atoms with Crippen LogP contribution in [0.3, 0.4) is 0 Å². The van der Waals surface area contributed by atoms with Gasteiger partial charge < -0.3 is 9.30 Å². The fourth-order valence-electron chi connectivity index (χ4n) is 3.09. The molecule has 0 unspecified atom stereocenters. The number of aromatic nitrogens is 4. The SMILES string of the molecule is Fc1ccc(OCc2nc(CSc3nnc(Cc4cccs4)n3C3CC3)cs2)cc1. The predicted octanol–water partition coefficient (Wildman–Crippen LogP) is 5.73. The number of thioether (sulfide) groups is 1. The summed E-state index contributed by atoms with van der Waals surface area (Å²) in [6.45, 7) is 0.379. The topological polar surface area (TPSA) is 52.8 Å². The molecule has 0 saturated heterocycles. The van der Waals surface area contributed by atoms with Crippen molar-refractivity contribution in [2.45, 2.75) is 42.8 Å². The van der Waals surface area contributed by atoms with Gasteiger partial charge in [-0.15, -0.1) is 32.9 Å². The minimum Gasteiger partial charge on any atom is -0.486 e. The molecule has 9 heteroatoms. The van der Waals surface area contributed by atoms with Crippen molar-refractivity contribution in [1.29, 1.82) is 0 Å². The van der Waals surface area contributed by atoms with Crippen LogP contribution >= 0.6 is 34.4 Å². The van der Waals surface area contributed by atoms with Crippen LogP contribution < -0.4 is 4.74 Å². The Labute approximate surface area is 186 Å². The van der Waals surface area contributed by atoms with Crippen LogP contribution in [0.2, 0.25) is 0 Å². The largest absolute Gasteiger partial charge is 0.486 e. The van der Waals surface area contributed by atoms with Crippen LogP contribution in [0.5, 0.6) is 5.75 Å². The van der Waals surface area contributed by atoms with Crippen LogP contribution in [0.15, 0.2) is 52.3 Å². The molecule has 1 aliphatic rings. The summed E-state index contributed by atoms with van der Waals surface area (Å²) < 4.78 is 21.0. The monoisotopic (exact) mass is 458 g/mol. The summed E-state index contributed by atoms with van der Waals surface area (Å²) in [6.07, 6.45) is 3.23. The Bertz CT molecular complexity index is 1100. The second kappa shape index (κ2) is 8.87. The van der Waals surface area contributed by atoms with Gasteiger partial charge in [0, 0.05) is 28.5 Å². The zero-order valence-corrected chi connectivity index (χ0v) is 18.5. The summed E-state index contributed by atoms with van der Waals surface area (Å²) in [5.74, 6) is 2.16. The first-order valence-electron chi connectivity index (χ1n) is 9.65. The van der Waals surface area contributed by atoms with Gasteiger partial charge in [0.25, 0.3) is 0 Å². The van der Waals surface area contributed by atoms with E-state index in [2.05, 4.69) is 42.6 Å². The number of hydrogen-bond donors (Lipinski definition) is 0. The van der Waals surface area contributed by atoms with Crippen molar-refractivity contribution in [3.63, 3.8) is 0 Å². The molecule has 1 saturated carbocycles. The molecule has 4 aromatic rings. The molecule has 1 aliphatic carbocycles. The summed E-state index contributed by atoms with van der Waals surface area (Å²) in [5.41, 5.74) is 1.01. The molecule has 0 bridgehead atoms. The van der Waals surface area contributed by atoms with Crippen LogP contribution in [-0.2, 0) is 18.8 Å². The normalized spacial score (nSPS) is 13.6. The average molecular weight is 459 g/mol. The first kappa shape index (κ1) is 19.7. The van der Waals surface area contributed by atoms with Gasteiger partial charge in [-0.1, -0.05) is 17.8 Å². The highest BCUT2D eigenvalue weighted by Crippen LogP contribution is 2.39. The number of ether oxygens (including phenoxy) is 1. The fourth-order valence-corrected chi connectivity index (χ4v) is 5.52. The van der Waals surface area contributed by atoms with E-state index < -0.39 is 0 Å². The molecule has 1 fully saturated rings. The molecule has 5 nitrogen and oxygen atoms in total. The standard InChI is InChI=1S/C21H19FN4OS3/c22-14-3-7-17(8-4-14)27-11-20-23-15(12-29-20)13-30-21-25-24-19(26(21)16-5-6-16)10-18-2-1-9-28-18/h1-4,7-9,12,16H,5-6,10-11,13H2. The summed E-state index contributed by atoms with van der Waals surface area (Å²) in [7, 11) is 0. The minimum atomic E-state index is -0.270. The number of benzene rings is 1. The third kappa shape index (κ3) is 4.74. The first-order valence-corrected chi connectivity index (χ1v) is 12.4. The van der Waals surface area contributed by atoms with Crippen molar-refractivity contribution in [3.05, 3.63) is 74.4 Å². The van der Waals surface area contributed by atoms with Crippen molar-refractivity contribution in [3.8, 4) is 5.75 Å². The second-order valence-corrected chi connectivity index (χ2v) is 9.94. The Morgan fingerprint density at radius 3 is 2.77 bits per heavy atom. The number of thiophene rings is 1. The van der Waals surface area contributed by atoms with Gasteiger partial charge in [0.1, 0.15) is 29.0 Å². The predicted molar refractivity (Wildman–Crippen MR) is 118 cm³/mol. The number of hydrogen-bond acceptors (Lipinski definition) is 7. The Hall–Kier alpha value is -2.23. The highest BCUT2D eigenvalue weighted by molar-refractivity contribution is 7.98. The molecule has 0 atom stereocenters. The van der Waals surface area contributed by atoms with Crippen LogP contribution in [-0.4, -0.2) is 19.7 Å². The summed E-state index contributed by atoms with van der Waals surface area (Å²) >= 11 is 5.02. The third-order valence-corrected chi connectivity index (χ3v) is 7.41. The maximum Gasteiger partial charge on any atom is 0.191 e. The Kier molecular flexibility index (Phi) is 5.83. The Morgan fingerprint density at radius 2 is 2.00 bits per heavy atom. The lowest BCUT2D eigenvalue weighted by atomic mass is 10.3. The van der Waals surface area contributed by atoms with Gasteiger partial charge in [0.2, 0.25) is 0 Å². The highest BCUT2D eigenvalue weighted by Gasteiger charge is 2.29. The molecule has 0 amide bonds. The Morgan fingerprint density at radius 1 is 1.13 bits per heavy atom. The zero-order valence-electron chi connectivity index (χ0n) is 16.0. The van der Waals surface area contributed by atoms with Crippen molar-refractivity contribution >= 4 is 34.4 Å². The fraction of sp³-hybridized carbons (Fsp3) is 0.286. The van der Waals surface area contributed by atoms with Gasteiger partial charge in [-0.3, -0.25) is 0 Å². The van der Waals surface area contributed by atoms with E-state index in [1.807, 2.05) is 0 Å². The molecule has 0 N–H and O–H groups in total. The Balaban J connectivity index is 1.20. The van der Waals surface area contributed by atoms with Gasteiger partial charge in [-0.05, 0) is 48.6 Å². The second-order valence-electron chi connectivity index (χ2n) is 7.02. The van der Waals surface area contributed by atoms with Crippen molar-refractivity contribution < 1.29 is 9.13 Å². The van der Waals surface area contributed by atoms with E-state index in [0.717, 1.165) is 33.9 Å². The van der Waals surface area contributed by atoms with Gasteiger partial charge in [-0.2, -0.15) is 0 Å². The molecule has 5 rings (SSSR count). The number of thiazole rings is 1. The molecular weight excluding hydrogens is 439 g/mol. The van der Waals surface area contributed by atoms with Crippen LogP contribution in [0.25, 0.3) is 0 Å². The van der Waals surface area contributed by atoms with E-state index in [1.54, 1.807) is 46.6 Å². The summed E-state index contributed by atoms with van der Waals surface area (Å²) in [4.78, 5) is 5.97. The van der Waals surface area contributed by atoms with E-state index >= 15 is 0 Å². The maximum atomic E-state index is 13.0. The van der Waals surface area contributed by atoms with E-state index in [4.69, 9.17) is 4.74 Å². The molecule has 154 valence electrons. The van der Waals surface area contributed by atoms with Crippen LogP contribution in [0.4, 0.5) is 4.39 Å². The lowest BCUT2D eigenvalue weighted by Crippen LogP contribution is -2.03. The molecule has 0 spiro atoms. The number of halogens is 1. The summed E-state index contributed by atoms with van der Waals surface area (Å²) in [6, 6.07) is 10.8. The summed E-state index contributed by atoms with van der Waals surface area (Å²) in [5, 5.41) is 15.0. The molecule has 0 radical (unpaired) electrons. The zero-order chi connectivity index (χ0) is 20.3. The number of nitrogens with zero attached hydrogens (tertiary/aromatic N) is 4. The van der Waals surface area contributed by atoms with Crippen molar-refractivity contribution in [1.82, 2.24) is 19.7 Å². The van der Waals surface area contributed by atoms with Crippen molar-refractivity contribution in [2.24, 2.45) is 0 Å². The van der Waals surface area contributed by atoms with Crippen molar-refractivity contribution in [2.75, 3.05) is 0 Å². The molecule has 0 aliphatic heterocycles. The molecular formula is C21H19FN4OS3. The van der Waals surface area contributed by atoms with E-state index in [9.17, 15) is 4.39 Å². The van der Waals surface area contributed by atoms with Gasteiger partial charge in [-0.25, -0.2) is 9.37 Å². The quantitative estimate of drug-likeness (QED) is 0.300. The average Bonchev–Trinajstić information content (AvgIpc) is 3.14. The number of rotatable bonds is 9. The smallest absolute Gasteiger partial charge is 0.191 e. The minimum absolute atomic E-state index is 0.270. The first-order chi connectivity index (χ1) is 14.7. The van der Waals surface area contributed by atoms with Crippen LogP contribution in [0.1, 0.15) is 40.3 Å². The van der Waals surface area contributed by atoms with E-state index in [1.165, 1.54) is 29.9 Å². The molecule has 1 aromatic carbocycles. The molecule has 3 aromatic heterocycles. The van der Waals surface area contributed by atoms with E-state index in [-0.39, 0.29) is 5.82 Å². The van der Waals surface area contributed by atoms with Gasteiger partial charge in [0.15, 0.2) is 5.16 Å². The van der Waals surface area contributed by atoms with Crippen LogP contribution in [0, 0.1) is 5.82 Å². The lowest BCUT2D eigenvalue weighted by molar-refractivity contribution is 0.305. The van der Waals surface area contributed by atoms with Gasteiger partial charge in [0.05, 0.1) is 5.69 Å². The molecule has 30 heavy (non-hydrogen) atoms.